The van der Waals surface area contributed by atoms with Crippen LogP contribution in [0.25, 0.3) is 0 Å². The summed E-state index contributed by atoms with van der Waals surface area (Å²) in [7, 11) is 0. The molecule has 88 valence electrons. The number of rotatable bonds is 3. The van der Waals surface area contributed by atoms with Gasteiger partial charge in [-0.15, -0.1) is 0 Å². The van der Waals surface area contributed by atoms with E-state index in [1.807, 2.05) is 0 Å². The zero-order valence-corrected chi connectivity index (χ0v) is 9.91. The van der Waals surface area contributed by atoms with E-state index in [2.05, 4.69) is 26.9 Å². The highest BCUT2D eigenvalue weighted by molar-refractivity contribution is 4.73. The van der Waals surface area contributed by atoms with E-state index in [1.165, 1.54) is 52.5 Å². The van der Waals surface area contributed by atoms with Crippen molar-refractivity contribution in [3.8, 4) is 0 Å². The summed E-state index contributed by atoms with van der Waals surface area (Å²) in [6.45, 7) is 14.4. The molecule has 2 aliphatic heterocycles. The van der Waals surface area contributed by atoms with E-state index in [4.69, 9.17) is 0 Å². The first-order chi connectivity index (χ1) is 7.38. The fourth-order valence-electron chi connectivity index (χ4n) is 2.38. The Morgan fingerprint density at radius 1 is 0.800 bits per heavy atom. The fraction of sp³-hybridized carbons (Fsp3) is 1.00. The van der Waals surface area contributed by atoms with E-state index in [0.29, 0.717) is 0 Å². The van der Waals surface area contributed by atoms with Crippen LogP contribution in [0, 0.1) is 0 Å². The zero-order valence-electron chi connectivity index (χ0n) is 9.91. The summed E-state index contributed by atoms with van der Waals surface area (Å²) in [6, 6.07) is 0. The van der Waals surface area contributed by atoms with E-state index >= 15 is 0 Å². The second-order valence-corrected chi connectivity index (χ2v) is 4.56. The molecule has 0 atom stereocenters. The largest absolute Gasteiger partial charge is 0.314 e. The Balaban J connectivity index is 1.67. The summed E-state index contributed by atoms with van der Waals surface area (Å²) in [6.07, 6.45) is 0. The molecule has 2 saturated heterocycles. The molecule has 0 spiro atoms. The van der Waals surface area contributed by atoms with Crippen molar-refractivity contribution in [1.29, 1.82) is 0 Å². The third-order valence-corrected chi connectivity index (χ3v) is 3.52. The Labute approximate surface area is 93.2 Å². The second-order valence-electron chi connectivity index (χ2n) is 4.56. The van der Waals surface area contributed by atoms with Gasteiger partial charge in [-0.3, -0.25) is 9.80 Å². The third kappa shape index (κ3) is 3.41. The van der Waals surface area contributed by atoms with Gasteiger partial charge < -0.3 is 10.2 Å². The normalized spacial score (nSPS) is 27.0. The molecular weight excluding hydrogens is 188 g/mol. The Kier molecular flexibility index (Phi) is 4.38. The number of nitrogens with zero attached hydrogens (tertiary/aromatic N) is 3. The van der Waals surface area contributed by atoms with Crippen LogP contribution in [0.2, 0.25) is 0 Å². The lowest BCUT2D eigenvalue weighted by Gasteiger charge is -2.38. The minimum atomic E-state index is 1.16. The summed E-state index contributed by atoms with van der Waals surface area (Å²) < 4.78 is 0. The van der Waals surface area contributed by atoms with Gasteiger partial charge in [0.25, 0.3) is 0 Å². The standard InChI is InChI=1S/C11H24N4/c1-2-13-7-9-15(10-8-13)11-14-5-3-12-4-6-14/h12H,2-11H2,1H3. The van der Waals surface area contributed by atoms with Crippen LogP contribution in [-0.4, -0.2) is 80.3 Å². The predicted molar refractivity (Wildman–Crippen MR) is 63.0 cm³/mol. The van der Waals surface area contributed by atoms with Crippen LogP contribution in [0.4, 0.5) is 0 Å². The molecule has 4 heteroatoms. The van der Waals surface area contributed by atoms with Gasteiger partial charge in [0.05, 0.1) is 6.67 Å². The molecule has 0 radical (unpaired) electrons. The first kappa shape index (κ1) is 11.3. The highest BCUT2D eigenvalue weighted by Gasteiger charge is 2.18. The zero-order chi connectivity index (χ0) is 10.5. The van der Waals surface area contributed by atoms with Crippen LogP contribution >= 0.6 is 0 Å². The lowest BCUT2D eigenvalue weighted by Crippen LogP contribution is -2.53. The van der Waals surface area contributed by atoms with Gasteiger partial charge >= 0.3 is 0 Å². The lowest BCUT2D eigenvalue weighted by molar-refractivity contribution is 0.0699. The third-order valence-electron chi connectivity index (χ3n) is 3.52. The second kappa shape index (κ2) is 5.80. The molecule has 2 aliphatic rings. The minimum absolute atomic E-state index is 1.16. The molecule has 4 nitrogen and oxygen atoms in total. The number of nitrogens with one attached hydrogen (secondary N) is 1. The molecule has 0 unspecified atom stereocenters. The molecule has 2 rings (SSSR count). The summed E-state index contributed by atoms with van der Waals surface area (Å²) in [5.74, 6) is 0. The summed E-state index contributed by atoms with van der Waals surface area (Å²) in [4.78, 5) is 7.70. The van der Waals surface area contributed by atoms with Gasteiger partial charge in [0, 0.05) is 52.4 Å². The molecule has 0 saturated carbocycles. The predicted octanol–water partition coefficient (Wildman–Crippen LogP) is -0.513. The molecule has 0 aromatic rings. The van der Waals surface area contributed by atoms with Crippen molar-refractivity contribution in [2.45, 2.75) is 6.92 Å². The topological polar surface area (TPSA) is 21.8 Å². The van der Waals surface area contributed by atoms with Gasteiger partial charge in [-0.25, -0.2) is 0 Å². The van der Waals surface area contributed by atoms with Gasteiger partial charge in [-0.2, -0.15) is 0 Å². The molecular formula is C11H24N4. The van der Waals surface area contributed by atoms with E-state index in [-0.39, 0.29) is 0 Å². The van der Waals surface area contributed by atoms with Crippen molar-refractivity contribution in [2.75, 3.05) is 65.6 Å². The van der Waals surface area contributed by atoms with Crippen molar-refractivity contribution >= 4 is 0 Å². The van der Waals surface area contributed by atoms with Crippen LogP contribution < -0.4 is 5.32 Å². The summed E-state index contributed by atoms with van der Waals surface area (Å²) in [5.41, 5.74) is 0. The maximum atomic E-state index is 3.40. The van der Waals surface area contributed by atoms with E-state index < -0.39 is 0 Å². The SMILES string of the molecule is CCN1CCN(CN2CCNCC2)CC1. The molecule has 0 bridgehead atoms. The molecule has 2 fully saturated rings. The van der Waals surface area contributed by atoms with Crippen LogP contribution in [0.1, 0.15) is 6.92 Å². The molecule has 0 amide bonds. The lowest BCUT2D eigenvalue weighted by atomic mass is 10.3. The average molecular weight is 212 g/mol. The Hall–Kier alpha value is -0.160. The maximum Gasteiger partial charge on any atom is 0.0508 e. The Bertz CT molecular complexity index is 171. The van der Waals surface area contributed by atoms with Gasteiger partial charge in [-0.05, 0) is 6.54 Å². The van der Waals surface area contributed by atoms with Crippen molar-refractivity contribution in [1.82, 2.24) is 20.0 Å². The van der Waals surface area contributed by atoms with Gasteiger partial charge in [-0.1, -0.05) is 6.92 Å². The van der Waals surface area contributed by atoms with Crippen molar-refractivity contribution in [3.63, 3.8) is 0 Å². The Morgan fingerprint density at radius 2 is 1.33 bits per heavy atom. The van der Waals surface area contributed by atoms with E-state index in [1.54, 1.807) is 0 Å². The number of hydrogen-bond acceptors (Lipinski definition) is 4. The highest BCUT2D eigenvalue weighted by Crippen LogP contribution is 2.03. The highest BCUT2D eigenvalue weighted by atomic mass is 15.4. The average Bonchev–Trinajstić information content (AvgIpc) is 2.31. The quantitative estimate of drug-likeness (QED) is 0.680. The van der Waals surface area contributed by atoms with Crippen molar-refractivity contribution < 1.29 is 0 Å². The minimum Gasteiger partial charge on any atom is -0.314 e. The summed E-state index contributed by atoms with van der Waals surface area (Å²) >= 11 is 0. The van der Waals surface area contributed by atoms with Crippen LogP contribution in [0.3, 0.4) is 0 Å². The van der Waals surface area contributed by atoms with Crippen molar-refractivity contribution in [3.05, 3.63) is 0 Å². The van der Waals surface area contributed by atoms with Crippen LogP contribution in [0.15, 0.2) is 0 Å². The van der Waals surface area contributed by atoms with E-state index in [0.717, 1.165) is 13.1 Å². The fourth-order valence-corrected chi connectivity index (χ4v) is 2.38. The van der Waals surface area contributed by atoms with Crippen molar-refractivity contribution in [2.24, 2.45) is 0 Å². The smallest absolute Gasteiger partial charge is 0.0508 e. The van der Waals surface area contributed by atoms with Gasteiger partial charge in [0.1, 0.15) is 0 Å². The van der Waals surface area contributed by atoms with Crippen LogP contribution in [-0.2, 0) is 0 Å². The molecule has 2 heterocycles. The number of likely N-dealkylation sites (N-methyl/N-ethyl adjacent to an activating group) is 1. The van der Waals surface area contributed by atoms with Crippen LogP contribution in [0.5, 0.6) is 0 Å². The van der Waals surface area contributed by atoms with Gasteiger partial charge in [0.15, 0.2) is 0 Å². The Morgan fingerprint density at radius 3 is 1.93 bits per heavy atom. The molecule has 0 aliphatic carbocycles. The van der Waals surface area contributed by atoms with E-state index in [9.17, 15) is 0 Å². The monoisotopic (exact) mass is 212 g/mol. The first-order valence-electron chi connectivity index (χ1n) is 6.26. The molecule has 0 aromatic heterocycles. The summed E-state index contributed by atoms with van der Waals surface area (Å²) in [5, 5.41) is 3.40. The maximum absolute atomic E-state index is 3.40. The molecule has 15 heavy (non-hydrogen) atoms. The molecule has 0 aromatic carbocycles. The number of piperazine rings is 2. The van der Waals surface area contributed by atoms with Gasteiger partial charge in [0.2, 0.25) is 0 Å². The molecule has 1 N–H and O–H groups in total. The first-order valence-corrected chi connectivity index (χ1v) is 6.26. The number of hydrogen-bond donors (Lipinski definition) is 1.